The maximum atomic E-state index is 14.0. The average Bonchev–Trinajstić information content (AvgIpc) is 3.33. The minimum absolute atomic E-state index is 0.0453. The lowest BCUT2D eigenvalue weighted by Gasteiger charge is -2.14. The number of anilines is 1. The Kier molecular flexibility index (Phi) is 5.83. The molecule has 1 aromatic heterocycles. The zero-order chi connectivity index (χ0) is 21.8. The van der Waals surface area contributed by atoms with E-state index in [0.29, 0.717) is 43.2 Å². The van der Waals surface area contributed by atoms with Gasteiger partial charge in [0.05, 0.1) is 17.6 Å². The van der Waals surface area contributed by atoms with Crippen molar-refractivity contribution >= 4 is 17.7 Å². The molecule has 4 amide bonds. The van der Waals surface area contributed by atoms with Gasteiger partial charge in [0.2, 0.25) is 0 Å². The highest BCUT2D eigenvalue weighted by Crippen LogP contribution is 2.20. The summed E-state index contributed by atoms with van der Waals surface area (Å²) in [6.07, 6.45) is 1.49. The van der Waals surface area contributed by atoms with Gasteiger partial charge in [-0.1, -0.05) is 36.4 Å². The third kappa shape index (κ3) is 4.66. The standard InChI is InChI=1S/C22H23FN6O2/c1-15-19(13-26-29(15)20-5-3-2-4-18(20)23)27-21(30)25-12-16-6-8-17(9-7-16)14-28-11-10-24-22(28)31/h2-9,13H,10-12,14H2,1H3,(H,24,31)(H2,25,27,30). The van der Waals surface area contributed by atoms with Gasteiger partial charge < -0.3 is 20.9 Å². The molecule has 31 heavy (non-hydrogen) atoms. The van der Waals surface area contributed by atoms with Crippen molar-refractivity contribution in [1.82, 2.24) is 25.3 Å². The summed E-state index contributed by atoms with van der Waals surface area (Å²) in [5.74, 6) is -0.390. The predicted octanol–water partition coefficient (Wildman–Crippen LogP) is 3.17. The van der Waals surface area contributed by atoms with Gasteiger partial charge in [-0.05, 0) is 30.2 Å². The summed E-state index contributed by atoms with van der Waals surface area (Å²) in [6.45, 7) is 4.04. The van der Waals surface area contributed by atoms with Crippen LogP contribution in [0.15, 0.2) is 54.7 Å². The second-order valence-corrected chi connectivity index (χ2v) is 7.28. The molecule has 2 aromatic carbocycles. The van der Waals surface area contributed by atoms with Crippen LogP contribution in [0.2, 0.25) is 0 Å². The highest BCUT2D eigenvalue weighted by molar-refractivity contribution is 5.89. The highest BCUT2D eigenvalue weighted by Gasteiger charge is 2.19. The van der Waals surface area contributed by atoms with Crippen LogP contribution in [-0.2, 0) is 13.1 Å². The maximum absolute atomic E-state index is 14.0. The molecule has 1 aliphatic heterocycles. The monoisotopic (exact) mass is 422 g/mol. The molecule has 1 aliphatic rings. The van der Waals surface area contributed by atoms with E-state index in [4.69, 9.17) is 0 Å². The molecule has 0 bridgehead atoms. The lowest BCUT2D eigenvalue weighted by Crippen LogP contribution is -2.28. The van der Waals surface area contributed by atoms with Crippen molar-refractivity contribution in [2.45, 2.75) is 20.0 Å². The van der Waals surface area contributed by atoms with Gasteiger partial charge in [0, 0.05) is 26.2 Å². The molecule has 3 aromatic rings. The quantitative estimate of drug-likeness (QED) is 0.570. The van der Waals surface area contributed by atoms with Crippen molar-refractivity contribution in [2.75, 3.05) is 18.4 Å². The average molecular weight is 422 g/mol. The first kappa shape index (κ1) is 20.4. The molecule has 2 heterocycles. The molecule has 0 spiro atoms. The first-order valence-corrected chi connectivity index (χ1v) is 9.96. The van der Waals surface area contributed by atoms with Crippen molar-refractivity contribution in [3.05, 3.63) is 77.4 Å². The number of hydrogen-bond acceptors (Lipinski definition) is 3. The number of para-hydroxylation sites is 1. The van der Waals surface area contributed by atoms with Crippen LogP contribution in [-0.4, -0.2) is 39.8 Å². The van der Waals surface area contributed by atoms with Gasteiger partial charge in [0.25, 0.3) is 0 Å². The van der Waals surface area contributed by atoms with Crippen LogP contribution in [0, 0.1) is 12.7 Å². The van der Waals surface area contributed by atoms with Crippen LogP contribution in [0.3, 0.4) is 0 Å². The van der Waals surface area contributed by atoms with Crippen molar-refractivity contribution in [2.24, 2.45) is 0 Å². The van der Waals surface area contributed by atoms with E-state index >= 15 is 0 Å². The molecule has 160 valence electrons. The second-order valence-electron chi connectivity index (χ2n) is 7.28. The molecular weight excluding hydrogens is 399 g/mol. The van der Waals surface area contributed by atoms with E-state index in [0.717, 1.165) is 11.1 Å². The summed E-state index contributed by atoms with van der Waals surface area (Å²) < 4.78 is 15.5. The second kappa shape index (κ2) is 8.86. The molecule has 3 N–H and O–H groups in total. The number of halogens is 1. The number of carbonyl (C=O) groups excluding carboxylic acids is 2. The van der Waals surface area contributed by atoms with Crippen molar-refractivity contribution < 1.29 is 14.0 Å². The lowest BCUT2D eigenvalue weighted by atomic mass is 10.1. The number of benzene rings is 2. The first-order chi connectivity index (χ1) is 15.0. The molecular formula is C22H23FN6O2. The maximum Gasteiger partial charge on any atom is 0.319 e. The Bertz CT molecular complexity index is 1100. The molecule has 8 nitrogen and oxygen atoms in total. The zero-order valence-electron chi connectivity index (χ0n) is 17.1. The molecule has 0 saturated carbocycles. The topological polar surface area (TPSA) is 91.3 Å². The molecule has 1 fully saturated rings. The van der Waals surface area contributed by atoms with Crippen LogP contribution in [0.1, 0.15) is 16.8 Å². The van der Waals surface area contributed by atoms with E-state index in [-0.39, 0.29) is 12.1 Å². The lowest BCUT2D eigenvalue weighted by molar-refractivity contribution is 0.215. The number of urea groups is 2. The van der Waals surface area contributed by atoms with E-state index in [9.17, 15) is 14.0 Å². The third-order valence-corrected chi connectivity index (χ3v) is 5.13. The van der Waals surface area contributed by atoms with E-state index in [1.165, 1.54) is 16.9 Å². The van der Waals surface area contributed by atoms with Crippen LogP contribution in [0.25, 0.3) is 5.69 Å². The SMILES string of the molecule is Cc1c(NC(=O)NCc2ccc(CN3CCNC3=O)cc2)cnn1-c1ccccc1F. The number of aromatic nitrogens is 2. The molecule has 0 radical (unpaired) electrons. The molecule has 0 unspecified atom stereocenters. The fourth-order valence-corrected chi connectivity index (χ4v) is 3.39. The van der Waals surface area contributed by atoms with E-state index in [2.05, 4.69) is 21.0 Å². The van der Waals surface area contributed by atoms with Gasteiger partial charge >= 0.3 is 12.1 Å². The Balaban J connectivity index is 1.31. The molecule has 9 heteroatoms. The molecule has 4 rings (SSSR count). The number of amides is 4. The van der Waals surface area contributed by atoms with Gasteiger partial charge in [0.1, 0.15) is 11.5 Å². The number of nitrogens with one attached hydrogen (secondary N) is 3. The van der Waals surface area contributed by atoms with Crippen LogP contribution >= 0.6 is 0 Å². The summed E-state index contributed by atoms with van der Waals surface area (Å²) in [4.78, 5) is 25.7. The Morgan fingerprint density at radius 3 is 2.61 bits per heavy atom. The van der Waals surface area contributed by atoms with Gasteiger partial charge in [-0.2, -0.15) is 5.10 Å². The number of carbonyl (C=O) groups is 2. The third-order valence-electron chi connectivity index (χ3n) is 5.13. The smallest absolute Gasteiger partial charge is 0.319 e. The summed E-state index contributed by atoms with van der Waals surface area (Å²) in [5.41, 5.74) is 3.40. The van der Waals surface area contributed by atoms with E-state index in [1.807, 2.05) is 24.3 Å². The fourth-order valence-electron chi connectivity index (χ4n) is 3.39. The number of hydrogen-bond donors (Lipinski definition) is 3. The molecule has 0 atom stereocenters. The number of nitrogens with zero attached hydrogens (tertiary/aromatic N) is 3. The summed E-state index contributed by atoms with van der Waals surface area (Å²) in [5, 5.41) is 12.5. The van der Waals surface area contributed by atoms with E-state index in [1.54, 1.807) is 30.0 Å². The highest BCUT2D eigenvalue weighted by atomic mass is 19.1. The summed E-state index contributed by atoms with van der Waals surface area (Å²) >= 11 is 0. The predicted molar refractivity (Wildman–Crippen MR) is 114 cm³/mol. The normalized spacial score (nSPS) is 13.2. The van der Waals surface area contributed by atoms with Crippen LogP contribution < -0.4 is 16.0 Å². The fraction of sp³-hybridized carbons (Fsp3) is 0.227. The summed E-state index contributed by atoms with van der Waals surface area (Å²) in [7, 11) is 0. The van der Waals surface area contributed by atoms with Crippen molar-refractivity contribution in [3.63, 3.8) is 0 Å². The van der Waals surface area contributed by atoms with Gasteiger partial charge in [-0.15, -0.1) is 0 Å². The first-order valence-electron chi connectivity index (χ1n) is 9.96. The number of rotatable bonds is 6. The largest absolute Gasteiger partial charge is 0.336 e. The molecule has 0 aliphatic carbocycles. The van der Waals surface area contributed by atoms with E-state index < -0.39 is 5.82 Å². The minimum Gasteiger partial charge on any atom is -0.336 e. The Hall–Kier alpha value is -3.88. The van der Waals surface area contributed by atoms with Crippen LogP contribution in [0.4, 0.5) is 19.7 Å². The van der Waals surface area contributed by atoms with Crippen molar-refractivity contribution in [1.29, 1.82) is 0 Å². The Morgan fingerprint density at radius 1 is 1.16 bits per heavy atom. The zero-order valence-corrected chi connectivity index (χ0v) is 17.1. The Labute approximate surface area is 179 Å². The van der Waals surface area contributed by atoms with Crippen molar-refractivity contribution in [3.8, 4) is 5.69 Å². The van der Waals surface area contributed by atoms with Gasteiger partial charge in [0.15, 0.2) is 0 Å². The minimum atomic E-state index is -0.390. The van der Waals surface area contributed by atoms with Crippen LogP contribution in [0.5, 0.6) is 0 Å². The van der Waals surface area contributed by atoms with Gasteiger partial charge in [-0.3, -0.25) is 0 Å². The van der Waals surface area contributed by atoms with Gasteiger partial charge in [-0.25, -0.2) is 18.7 Å². The Morgan fingerprint density at radius 2 is 1.90 bits per heavy atom. The summed E-state index contributed by atoms with van der Waals surface area (Å²) in [6, 6.07) is 13.6. The molecule has 1 saturated heterocycles.